The van der Waals surface area contributed by atoms with Gasteiger partial charge in [-0.25, -0.2) is 0 Å². The number of likely N-dealkylation sites (N-methyl/N-ethyl adjacent to an activating group) is 2. The van der Waals surface area contributed by atoms with E-state index < -0.39 is 0 Å². The van der Waals surface area contributed by atoms with E-state index >= 15 is 0 Å². The molecule has 0 aromatic rings. The molecule has 2 unspecified atom stereocenters. The number of nitrogens with zero attached hydrogens (tertiary/aromatic N) is 2. The molecule has 2 fully saturated rings. The van der Waals surface area contributed by atoms with E-state index in [4.69, 9.17) is 9.47 Å². The summed E-state index contributed by atoms with van der Waals surface area (Å²) in [5, 5.41) is 0. The zero-order valence-corrected chi connectivity index (χ0v) is 26.3. The molecule has 2 aliphatic heterocycles. The van der Waals surface area contributed by atoms with Crippen molar-refractivity contribution in [3.8, 4) is 0 Å². The van der Waals surface area contributed by atoms with Crippen LogP contribution >= 0.6 is 0 Å². The van der Waals surface area contributed by atoms with E-state index in [1.165, 1.54) is 129 Å². The number of halogens is 2. The Morgan fingerprint density at radius 2 is 0.794 bits per heavy atom. The normalized spacial score (nSPS) is 23.6. The van der Waals surface area contributed by atoms with Crippen LogP contribution in [-0.2, 0) is 9.47 Å². The van der Waals surface area contributed by atoms with Gasteiger partial charge in [-0.05, 0) is 38.5 Å². The van der Waals surface area contributed by atoms with Gasteiger partial charge in [-0.15, -0.1) is 0 Å². The molecule has 0 aromatic carbocycles. The summed E-state index contributed by atoms with van der Waals surface area (Å²) in [6.07, 6.45) is 22.8. The third-order valence-corrected chi connectivity index (χ3v) is 7.72. The summed E-state index contributed by atoms with van der Waals surface area (Å²) in [5.74, 6) is 0. The van der Waals surface area contributed by atoms with Crippen molar-refractivity contribution in [1.29, 1.82) is 0 Å². The highest BCUT2D eigenvalue weighted by Crippen LogP contribution is 2.19. The lowest BCUT2D eigenvalue weighted by molar-refractivity contribution is -0.898. The predicted molar refractivity (Wildman–Crippen MR) is 137 cm³/mol. The summed E-state index contributed by atoms with van der Waals surface area (Å²) in [4.78, 5) is 0. The second-order valence-corrected chi connectivity index (χ2v) is 12.2. The average molecular weight is 615 g/mol. The number of hydrogen-bond donors (Lipinski definition) is 0. The van der Waals surface area contributed by atoms with Crippen LogP contribution in [0.4, 0.5) is 0 Å². The fraction of sp³-hybridized carbons (Fsp3) is 1.00. The van der Waals surface area contributed by atoms with Gasteiger partial charge < -0.3 is 52.4 Å². The first-order valence-corrected chi connectivity index (χ1v) is 14.2. The van der Waals surface area contributed by atoms with E-state index in [1.54, 1.807) is 0 Å². The van der Waals surface area contributed by atoms with E-state index in [2.05, 4.69) is 28.2 Å². The van der Waals surface area contributed by atoms with E-state index in [0.717, 1.165) is 22.2 Å². The fourth-order valence-electron chi connectivity index (χ4n) is 5.71. The van der Waals surface area contributed by atoms with Gasteiger partial charge in [0.25, 0.3) is 0 Å². The molecule has 0 spiro atoms. The van der Waals surface area contributed by atoms with Crippen molar-refractivity contribution in [2.75, 3.05) is 67.6 Å². The van der Waals surface area contributed by atoms with Gasteiger partial charge in [-0.1, -0.05) is 64.2 Å². The molecule has 2 saturated heterocycles. The fourth-order valence-corrected chi connectivity index (χ4v) is 5.71. The molecule has 2 heterocycles. The number of hydrogen-bond acceptors (Lipinski definition) is 2. The first-order valence-electron chi connectivity index (χ1n) is 14.2. The molecular weight excluding hydrogens is 556 g/mol. The van der Waals surface area contributed by atoms with Crippen molar-refractivity contribution in [2.24, 2.45) is 0 Å². The molecule has 6 heteroatoms. The minimum Gasteiger partial charge on any atom is -1.00 e. The van der Waals surface area contributed by atoms with Crippen molar-refractivity contribution in [3.05, 3.63) is 0 Å². The number of rotatable bonds is 17. The summed E-state index contributed by atoms with van der Waals surface area (Å²) in [6, 6.07) is 0. The molecule has 0 N–H and O–H groups in total. The smallest absolute Gasteiger partial charge is 0.107 e. The molecule has 0 saturated carbocycles. The highest BCUT2D eigenvalue weighted by Gasteiger charge is 2.28. The van der Waals surface area contributed by atoms with Crippen LogP contribution in [0.3, 0.4) is 0 Å². The molecule has 0 amide bonds. The lowest BCUT2D eigenvalue weighted by atomic mass is 10.0. The zero-order valence-electron chi connectivity index (χ0n) is 23.2. The second kappa shape index (κ2) is 19.9. The number of ether oxygens (including phenoxy) is 2. The van der Waals surface area contributed by atoms with E-state index in [9.17, 15) is 0 Å². The Labute approximate surface area is 234 Å². The summed E-state index contributed by atoms with van der Waals surface area (Å²) in [7, 11) is 9.35. The Kier molecular flexibility index (Phi) is 20.3. The third-order valence-electron chi connectivity index (χ3n) is 7.72. The monoisotopic (exact) mass is 612 g/mol. The van der Waals surface area contributed by atoms with Gasteiger partial charge in [0.1, 0.15) is 25.3 Å². The van der Waals surface area contributed by atoms with Crippen LogP contribution in [0.25, 0.3) is 0 Å². The van der Waals surface area contributed by atoms with Gasteiger partial charge >= 0.3 is 0 Å². The van der Waals surface area contributed by atoms with Gasteiger partial charge in [0.15, 0.2) is 0 Å². The molecule has 0 radical (unpaired) electrons. The molecule has 0 aliphatic carbocycles. The van der Waals surface area contributed by atoms with Gasteiger partial charge in [0, 0.05) is 13.2 Å². The summed E-state index contributed by atoms with van der Waals surface area (Å²) in [6.45, 7) is 6.99. The predicted octanol–water partition coefficient (Wildman–Crippen LogP) is 0.186. The van der Waals surface area contributed by atoms with Crippen LogP contribution in [0.5, 0.6) is 0 Å². The molecule has 2 aliphatic rings. The summed E-state index contributed by atoms with van der Waals surface area (Å²) in [5.41, 5.74) is 0. The molecule has 0 bridgehead atoms. The standard InChI is InChI=1S/C28H58N2O2.2BrH/c1-29(2)21-17-19-27(25-29)31-23-15-13-11-9-7-5-6-8-10-12-14-16-24-32-28-20-18-22-30(3,4)26-28;;/h27-28H,5-26H2,1-4H3;2*1H/q+2;;/p-2. The van der Waals surface area contributed by atoms with Gasteiger partial charge in [0.2, 0.25) is 0 Å². The lowest BCUT2D eigenvalue weighted by Gasteiger charge is -2.37. The van der Waals surface area contributed by atoms with Crippen molar-refractivity contribution in [1.82, 2.24) is 0 Å². The average Bonchev–Trinajstić information content (AvgIpc) is 2.72. The quantitative estimate of drug-likeness (QED) is 0.172. The van der Waals surface area contributed by atoms with Gasteiger partial charge in [-0.2, -0.15) is 0 Å². The van der Waals surface area contributed by atoms with Crippen molar-refractivity contribution >= 4 is 0 Å². The third kappa shape index (κ3) is 17.3. The molecule has 206 valence electrons. The van der Waals surface area contributed by atoms with E-state index in [-0.39, 0.29) is 34.0 Å². The number of unbranched alkanes of at least 4 members (excludes halogenated alkanes) is 11. The van der Waals surface area contributed by atoms with Crippen LogP contribution in [0.2, 0.25) is 0 Å². The molecule has 2 rings (SSSR count). The Morgan fingerprint density at radius 1 is 0.500 bits per heavy atom. The minimum absolute atomic E-state index is 0. The SMILES string of the molecule is C[N+]1(C)CCCC(OCCCCCCCCCCCCCCOC2CCC[N+](C)(C)C2)C1.[Br-].[Br-]. The highest BCUT2D eigenvalue weighted by atomic mass is 79.9. The van der Waals surface area contributed by atoms with Crippen LogP contribution < -0.4 is 34.0 Å². The van der Waals surface area contributed by atoms with Crippen LogP contribution in [0.15, 0.2) is 0 Å². The largest absolute Gasteiger partial charge is 1.00 e. The van der Waals surface area contributed by atoms with Crippen LogP contribution in [0, 0.1) is 0 Å². The van der Waals surface area contributed by atoms with E-state index in [0.29, 0.717) is 12.2 Å². The molecule has 2 atom stereocenters. The maximum atomic E-state index is 6.14. The molecular formula is C28H58Br2N2O2. The maximum absolute atomic E-state index is 6.14. The zero-order chi connectivity index (χ0) is 23.1. The first-order chi connectivity index (χ1) is 15.4. The van der Waals surface area contributed by atoms with Gasteiger partial charge in [0.05, 0.1) is 41.3 Å². The Morgan fingerprint density at radius 3 is 1.09 bits per heavy atom. The molecule has 4 nitrogen and oxygen atoms in total. The maximum Gasteiger partial charge on any atom is 0.107 e. The van der Waals surface area contributed by atoms with Gasteiger partial charge in [-0.3, -0.25) is 0 Å². The van der Waals surface area contributed by atoms with Crippen molar-refractivity contribution in [3.63, 3.8) is 0 Å². The Hall–Kier alpha value is 0.800. The first kappa shape index (κ1) is 34.8. The summed E-state index contributed by atoms with van der Waals surface area (Å²) >= 11 is 0. The minimum atomic E-state index is 0. The number of piperidine rings is 2. The number of quaternary nitrogens is 2. The Bertz CT molecular complexity index is 435. The second-order valence-electron chi connectivity index (χ2n) is 12.2. The van der Waals surface area contributed by atoms with E-state index in [1.807, 2.05) is 0 Å². The van der Waals surface area contributed by atoms with Crippen LogP contribution in [0.1, 0.15) is 103 Å². The summed E-state index contributed by atoms with van der Waals surface area (Å²) < 4.78 is 14.6. The van der Waals surface area contributed by atoms with Crippen molar-refractivity contribution < 1.29 is 52.4 Å². The topological polar surface area (TPSA) is 18.5 Å². The Balaban J connectivity index is 0.00000544. The highest BCUT2D eigenvalue weighted by molar-refractivity contribution is 4.64. The molecule has 34 heavy (non-hydrogen) atoms. The van der Waals surface area contributed by atoms with Crippen LogP contribution in [-0.4, -0.2) is 88.8 Å². The molecule has 0 aromatic heterocycles. The number of likely N-dealkylation sites (tertiary alicyclic amines) is 2. The van der Waals surface area contributed by atoms with Crippen molar-refractivity contribution in [2.45, 2.75) is 115 Å². The lowest BCUT2D eigenvalue weighted by Crippen LogP contribution is -3.00.